The Bertz CT molecular complexity index is 895. The summed E-state index contributed by atoms with van der Waals surface area (Å²) in [5, 5.41) is 6.86. The first-order valence-electron chi connectivity index (χ1n) is 8.52. The van der Waals surface area contributed by atoms with E-state index in [0.29, 0.717) is 12.8 Å². The van der Waals surface area contributed by atoms with Crippen LogP contribution in [0.3, 0.4) is 0 Å². The van der Waals surface area contributed by atoms with Gasteiger partial charge in [-0.3, -0.25) is 9.78 Å². The van der Waals surface area contributed by atoms with Crippen LogP contribution in [0.5, 0.6) is 0 Å². The van der Waals surface area contributed by atoms with Crippen molar-refractivity contribution in [3.63, 3.8) is 0 Å². The van der Waals surface area contributed by atoms with E-state index in [0.717, 1.165) is 34.0 Å². The third-order valence-corrected chi connectivity index (χ3v) is 4.09. The van der Waals surface area contributed by atoms with Gasteiger partial charge in [-0.05, 0) is 56.2 Å². The number of amides is 1. The van der Waals surface area contributed by atoms with Crippen molar-refractivity contribution < 1.29 is 9.32 Å². The molecule has 26 heavy (non-hydrogen) atoms. The lowest BCUT2D eigenvalue weighted by molar-refractivity contribution is -0.116. The van der Waals surface area contributed by atoms with E-state index in [-0.39, 0.29) is 5.91 Å². The molecule has 0 aliphatic rings. The molecule has 5 heteroatoms. The number of aryl methyl sites for hydroxylation is 2. The summed E-state index contributed by atoms with van der Waals surface area (Å²) in [5.41, 5.74) is 4.52. The summed E-state index contributed by atoms with van der Waals surface area (Å²) in [4.78, 5) is 16.5. The Morgan fingerprint density at radius 1 is 1.15 bits per heavy atom. The molecule has 0 unspecified atom stereocenters. The number of pyridine rings is 1. The van der Waals surface area contributed by atoms with Gasteiger partial charge in [0.05, 0.1) is 11.4 Å². The lowest BCUT2D eigenvalue weighted by Gasteiger charge is -2.06. The smallest absolute Gasteiger partial charge is 0.224 e. The van der Waals surface area contributed by atoms with Gasteiger partial charge in [-0.15, -0.1) is 0 Å². The van der Waals surface area contributed by atoms with Crippen molar-refractivity contribution in [1.29, 1.82) is 0 Å². The van der Waals surface area contributed by atoms with E-state index in [2.05, 4.69) is 15.5 Å². The van der Waals surface area contributed by atoms with Gasteiger partial charge in [0.25, 0.3) is 0 Å². The van der Waals surface area contributed by atoms with E-state index in [1.807, 2.05) is 68.5 Å². The van der Waals surface area contributed by atoms with Crippen LogP contribution in [-0.4, -0.2) is 16.0 Å². The minimum absolute atomic E-state index is 0.0316. The number of carbonyl (C=O) groups excluding carboxylic acids is 1. The predicted octanol–water partition coefficient (Wildman–Crippen LogP) is 4.43. The zero-order valence-corrected chi connectivity index (χ0v) is 14.9. The van der Waals surface area contributed by atoms with Gasteiger partial charge >= 0.3 is 0 Å². The van der Waals surface area contributed by atoms with Gasteiger partial charge in [0.2, 0.25) is 5.91 Å². The minimum atomic E-state index is -0.0316. The summed E-state index contributed by atoms with van der Waals surface area (Å²) < 4.78 is 5.13. The average Bonchev–Trinajstić information content (AvgIpc) is 2.97. The van der Waals surface area contributed by atoms with Crippen LogP contribution in [-0.2, 0) is 11.2 Å². The number of nitrogens with one attached hydrogen (secondary N) is 1. The Morgan fingerprint density at radius 2 is 2.04 bits per heavy atom. The SMILES string of the molecule is Cc1noc(C)c1CCC(=O)Nc1cccc(/C=C/c2ccccn2)c1. The second kappa shape index (κ2) is 8.25. The Labute approximate surface area is 152 Å². The van der Waals surface area contributed by atoms with Crippen LogP contribution in [0.2, 0.25) is 0 Å². The standard InChI is InChI=1S/C21H21N3O2/c1-15-20(16(2)26-24-15)11-12-21(25)23-19-8-5-6-17(14-19)9-10-18-7-3-4-13-22-18/h3-10,13-14H,11-12H2,1-2H3,(H,23,25)/b10-9+. The van der Waals surface area contributed by atoms with Gasteiger partial charge in [-0.25, -0.2) is 0 Å². The Kier molecular flexibility index (Phi) is 5.59. The second-order valence-electron chi connectivity index (χ2n) is 6.06. The second-order valence-corrected chi connectivity index (χ2v) is 6.06. The van der Waals surface area contributed by atoms with Crippen molar-refractivity contribution in [2.75, 3.05) is 5.32 Å². The molecule has 3 aromatic rings. The Balaban J connectivity index is 1.59. The van der Waals surface area contributed by atoms with Crippen LogP contribution in [0.25, 0.3) is 12.2 Å². The molecule has 1 N–H and O–H groups in total. The normalized spacial score (nSPS) is 11.0. The summed E-state index contributed by atoms with van der Waals surface area (Å²) in [6, 6.07) is 13.5. The first-order chi connectivity index (χ1) is 12.6. The van der Waals surface area contributed by atoms with Gasteiger partial charge in [-0.2, -0.15) is 0 Å². The number of benzene rings is 1. The molecule has 0 aliphatic carbocycles. The van der Waals surface area contributed by atoms with Crippen LogP contribution < -0.4 is 5.32 Å². The molecule has 0 spiro atoms. The predicted molar refractivity (Wildman–Crippen MR) is 103 cm³/mol. The molecule has 1 amide bonds. The summed E-state index contributed by atoms with van der Waals surface area (Å²) >= 11 is 0. The molecule has 0 bridgehead atoms. The van der Waals surface area contributed by atoms with Crippen molar-refractivity contribution >= 4 is 23.7 Å². The van der Waals surface area contributed by atoms with Crippen LogP contribution >= 0.6 is 0 Å². The van der Waals surface area contributed by atoms with Crippen LogP contribution in [0.4, 0.5) is 5.69 Å². The molecule has 0 saturated carbocycles. The van der Waals surface area contributed by atoms with Crippen LogP contribution in [0, 0.1) is 13.8 Å². The van der Waals surface area contributed by atoms with Gasteiger partial charge in [0, 0.05) is 23.9 Å². The third-order valence-electron chi connectivity index (χ3n) is 4.09. The highest BCUT2D eigenvalue weighted by molar-refractivity contribution is 5.91. The maximum absolute atomic E-state index is 12.2. The van der Waals surface area contributed by atoms with Crippen molar-refractivity contribution in [3.05, 3.63) is 76.9 Å². The molecule has 132 valence electrons. The Hall–Kier alpha value is -3.21. The maximum Gasteiger partial charge on any atom is 0.224 e. The highest BCUT2D eigenvalue weighted by Crippen LogP contribution is 2.16. The highest BCUT2D eigenvalue weighted by Gasteiger charge is 2.11. The van der Waals surface area contributed by atoms with E-state index >= 15 is 0 Å². The molecule has 0 fully saturated rings. The van der Waals surface area contributed by atoms with Crippen molar-refractivity contribution in [2.45, 2.75) is 26.7 Å². The quantitative estimate of drug-likeness (QED) is 0.716. The van der Waals surface area contributed by atoms with E-state index < -0.39 is 0 Å². The average molecular weight is 347 g/mol. The van der Waals surface area contributed by atoms with E-state index in [1.165, 1.54) is 0 Å². The molecular weight excluding hydrogens is 326 g/mol. The van der Waals surface area contributed by atoms with Crippen molar-refractivity contribution in [3.8, 4) is 0 Å². The summed E-state index contributed by atoms with van der Waals surface area (Å²) in [6.07, 6.45) is 6.68. The van der Waals surface area contributed by atoms with Gasteiger partial charge in [0.15, 0.2) is 0 Å². The van der Waals surface area contributed by atoms with Crippen LogP contribution in [0.1, 0.15) is 34.7 Å². The minimum Gasteiger partial charge on any atom is -0.361 e. The fraction of sp³-hybridized carbons (Fsp3) is 0.190. The molecule has 1 aromatic carbocycles. The molecule has 3 rings (SSSR count). The van der Waals surface area contributed by atoms with E-state index in [9.17, 15) is 4.79 Å². The molecule has 0 atom stereocenters. The number of hydrogen-bond acceptors (Lipinski definition) is 4. The molecule has 5 nitrogen and oxygen atoms in total. The van der Waals surface area contributed by atoms with Gasteiger partial charge < -0.3 is 9.84 Å². The van der Waals surface area contributed by atoms with E-state index in [4.69, 9.17) is 4.52 Å². The van der Waals surface area contributed by atoms with Gasteiger partial charge in [0.1, 0.15) is 5.76 Å². The molecular formula is C21H21N3O2. The zero-order chi connectivity index (χ0) is 18.4. The number of hydrogen-bond donors (Lipinski definition) is 1. The van der Waals surface area contributed by atoms with Crippen molar-refractivity contribution in [1.82, 2.24) is 10.1 Å². The number of anilines is 1. The number of rotatable bonds is 6. The van der Waals surface area contributed by atoms with Crippen molar-refractivity contribution in [2.24, 2.45) is 0 Å². The first-order valence-corrected chi connectivity index (χ1v) is 8.52. The molecule has 0 aliphatic heterocycles. The lowest BCUT2D eigenvalue weighted by Crippen LogP contribution is -2.12. The highest BCUT2D eigenvalue weighted by atomic mass is 16.5. The fourth-order valence-corrected chi connectivity index (χ4v) is 2.70. The number of nitrogens with zero attached hydrogens (tertiary/aromatic N) is 2. The fourth-order valence-electron chi connectivity index (χ4n) is 2.70. The summed E-state index contributed by atoms with van der Waals surface area (Å²) in [6.45, 7) is 3.76. The molecule has 2 aromatic heterocycles. The summed E-state index contributed by atoms with van der Waals surface area (Å²) in [7, 11) is 0. The first kappa shape index (κ1) is 17.6. The largest absolute Gasteiger partial charge is 0.361 e. The topological polar surface area (TPSA) is 68.0 Å². The molecule has 2 heterocycles. The number of carbonyl (C=O) groups is 1. The zero-order valence-electron chi connectivity index (χ0n) is 14.9. The third kappa shape index (κ3) is 4.66. The Morgan fingerprint density at radius 3 is 2.77 bits per heavy atom. The summed E-state index contributed by atoms with van der Waals surface area (Å²) in [5.74, 6) is 0.743. The maximum atomic E-state index is 12.2. The molecule has 0 radical (unpaired) electrons. The number of aromatic nitrogens is 2. The van der Waals surface area contributed by atoms with Gasteiger partial charge in [-0.1, -0.05) is 29.4 Å². The van der Waals surface area contributed by atoms with E-state index in [1.54, 1.807) is 6.20 Å². The monoisotopic (exact) mass is 347 g/mol. The molecule has 0 saturated heterocycles. The lowest BCUT2D eigenvalue weighted by atomic mass is 10.1. The van der Waals surface area contributed by atoms with Crippen LogP contribution in [0.15, 0.2) is 53.2 Å².